The molecule has 1 aliphatic rings. The fraction of sp³-hybridized carbons (Fsp3) is 0.455. The zero-order valence-electron chi connectivity index (χ0n) is 9.43. The zero-order valence-corrected chi connectivity index (χ0v) is 11.1. The van der Waals surface area contributed by atoms with Gasteiger partial charge in [0, 0.05) is 10.9 Å². The normalized spacial score (nSPS) is 16.8. The lowest BCUT2D eigenvalue weighted by atomic mass is 10.3. The Morgan fingerprint density at radius 1 is 1.35 bits per heavy atom. The second-order valence-electron chi connectivity index (χ2n) is 4.02. The van der Waals surface area contributed by atoms with Crippen molar-refractivity contribution in [3.05, 3.63) is 29.2 Å². The molecule has 94 valence electrons. The maximum Gasteiger partial charge on any atom is 0.250 e. The van der Waals surface area contributed by atoms with Crippen LogP contribution in [0.15, 0.2) is 28.5 Å². The third-order valence-electron chi connectivity index (χ3n) is 2.62. The van der Waals surface area contributed by atoms with Crippen molar-refractivity contribution in [2.75, 3.05) is 6.54 Å². The first kappa shape index (κ1) is 12.8. The van der Waals surface area contributed by atoms with Gasteiger partial charge in [0.1, 0.15) is 4.21 Å². The molecule has 0 unspecified atom stereocenters. The summed E-state index contributed by atoms with van der Waals surface area (Å²) in [5.74, 6) is 0. The Bertz CT molecular complexity index is 497. The maximum absolute atomic E-state index is 12.0. The van der Waals surface area contributed by atoms with E-state index in [4.69, 9.17) is 5.73 Å². The summed E-state index contributed by atoms with van der Waals surface area (Å²) in [6, 6.07) is 3.50. The molecule has 1 aromatic rings. The van der Waals surface area contributed by atoms with Gasteiger partial charge in [0.15, 0.2) is 0 Å². The topological polar surface area (TPSA) is 72.2 Å². The number of hydrogen-bond acceptors (Lipinski definition) is 4. The fourth-order valence-corrected chi connectivity index (χ4v) is 4.42. The summed E-state index contributed by atoms with van der Waals surface area (Å²) in [6.07, 6.45) is 6.29. The second kappa shape index (κ2) is 5.30. The van der Waals surface area contributed by atoms with Gasteiger partial charge in [-0.3, -0.25) is 0 Å². The molecular formula is C11H16N2O2S2. The summed E-state index contributed by atoms with van der Waals surface area (Å²) in [4.78, 5) is 1.01. The molecule has 0 aliphatic heterocycles. The van der Waals surface area contributed by atoms with Crippen molar-refractivity contribution in [1.82, 2.24) is 4.72 Å². The molecule has 0 aromatic carbocycles. The molecule has 0 bridgehead atoms. The molecule has 1 aromatic heterocycles. The van der Waals surface area contributed by atoms with Gasteiger partial charge in [-0.15, -0.1) is 11.3 Å². The van der Waals surface area contributed by atoms with Gasteiger partial charge in [0.2, 0.25) is 10.0 Å². The highest BCUT2D eigenvalue weighted by Gasteiger charge is 2.22. The largest absolute Gasteiger partial charge is 0.330 e. The summed E-state index contributed by atoms with van der Waals surface area (Å²) in [5.41, 5.74) is 5.44. The Balaban J connectivity index is 2.07. The van der Waals surface area contributed by atoms with E-state index in [9.17, 15) is 8.42 Å². The second-order valence-corrected chi connectivity index (χ2v) is 7.13. The van der Waals surface area contributed by atoms with Crippen LogP contribution in [0, 0.1) is 0 Å². The van der Waals surface area contributed by atoms with Crippen molar-refractivity contribution in [2.45, 2.75) is 29.5 Å². The van der Waals surface area contributed by atoms with Crippen LogP contribution in [0.3, 0.4) is 0 Å². The van der Waals surface area contributed by atoms with Gasteiger partial charge in [-0.25, -0.2) is 13.1 Å². The van der Waals surface area contributed by atoms with Gasteiger partial charge in [-0.05, 0) is 37.9 Å². The number of rotatable bonds is 5. The molecule has 0 atom stereocenters. The van der Waals surface area contributed by atoms with E-state index in [0.717, 1.165) is 24.1 Å². The van der Waals surface area contributed by atoms with Gasteiger partial charge in [-0.1, -0.05) is 12.2 Å². The van der Waals surface area contributed by atoms with Crippen molar-refractivity contribution in [1.29, 1.82) is 0 Å². The lowest BCUT2D eigenvalue weighted by molar-refractivity contribution is 0.559. The van der Waals surface area contributed by atoms with Crippen molar-refractivity contribution < 1.29 is 8.42 Å². The predicted molar refractivity (Wildman–Crippen MR) is 69.6 cm³/mol. The van der Waals surface area contributed by atoms with Gasteiger partial charge < -0.3 is 5.73 Å². The molecule has 0 spiro atoms. The first-order chi connectivity index (χ1) is 8.12. The Morgan fingerprint density at radius 2 is 2.06 bits per heavy atom. The van der Waals surface area contributed by atoms with E-state index in [1.165, 1.54) is 11.3 Å². The molecule has 1 heterocycles. The minimum atomic E-state index is -3.35. The zero-order chi connectivity index (χ0) is 12.3. The molecule has 0 saturated carbocycles. The molecule has 3 N–H and O–H groups in total. The van der Waals surface area contributed by atoms with Crippen molar-refractivity contribution in [2.24, 2.45) is 5.73 Å². The molecule has 0 fully saturated rings. The van der Waals surface area contributed by atoms with E-state index >= 15 is 0 Å². The summed E-state index contributed by atoms with van der Waals surface area (Å²) in [7, 11) is -3.35. The van der Waals surface area contributed by atoms with Crippen molar-refractivity contribution in [3.8, 4) is 0 Å². The SMILES string of the molecule is NCCc1ccc(S(=O)(=O)NC2CC=CC2)s1. The summed E-state index contributed by atoms with van der Waals surface area (Å²) in [5, 5.41) is 0. The molecule has 4 nitrogen and oxygen atoms in total. The average Bonchev–Trinajstić information content (AvgIpc) is 2.88. The molecule has 2 rings (SSSR count). The van der Waals surface area contributed by atoms with E-state index in [1.54, 1.807) is 6.07 Å². The predicted octanol–water partition coefficient (Wildman–Crippen LogP) is 1.25. The third kappa shape index (κ3) is 3.16. The highest BCUT2D eigenvalue weighted by atomic mass is 32.2. The van der Waals surface area contributed by atoms with Crippen LogP contribution in [0.1, 0.15) is 17.7 Å². The molecular weight excluding hydrogens is 256 g/mol. The summed E-state index contributed by atoms with van der Waals surface area (Å²) >= 11 is 1.30. The lowest BCUT2D eigenvalue weighted by Gasteiger charge is -2.10. The molecule has 0 radical (unpaired) electrons. The molecule has 1 aliphatic carbocycles. The standard InChI is InChI=1S/C11H16N2O2S2/c12-8-7-10-5-6-11(16-10)17(14,15)13-9-3-1-2-4-9/h1-2,5-6,9,13H,3-4,7-8,12H2. The van der Waals surface area contributed by atoms with E-state index in [0.29, 0.717) is 10.8 Å². The monoisotopic (exact) mass is 272 g/mol. The number of sulfonamides is 1. The number of nitrogens with two attached hydrogens (primary N) is 1. The Hall–Kier alpha value is -0.690. The summed E-state index contributed by atoms with van der Waals surface area (Å²) in [6.45, 7) is 0.542. The van der Waals surface area contributed by atoms with Crippen LogP contribution in [-0.4, -0.2) is 21.0 Å². The van der Waals surface area contributed by atoms with Crippen LogP contribution in [0.25, 0.3) is 0 Å². The number of nitrogens with one attached hydrogen (secondary N) is 1. The van der Waals surface area contributed by atoms with Crippen LogP contribution in [0.5, 0.6) is 0 Å². The summed E-state index contributed by atoms with van der Waals surface area (Å²) < 4.78 is 27.2. The minimum Gasteiger partial charge on any atom is -0.330 e. The van der Waals surface area contributed by atoms with Gasteiger partial charge in [-0.2, -0.15) is 0 Å². The molecule has 6 heteroatoms. The smallest absolute Gasteiger partial charge is 0.250 e. The van der Waals surface area contributed by atoms with Crippen LogP contribution in [0.4, 0.5) is 0 Å². The Labute approximate surface area is 106 Å². The van der Waals surface area contributed by atoms with E-state index < -0.39 is 10.0 Å². The molecule has 0 amide bonds. The molecule has 17 heavy (non-hydrogen) atoms. The number of hydrogen-bond donors (Lipinski definition) is 2. The van der Waals surface area contributed by atoms with E-state index in [1.807, 2.05) is 18.2 Å². The van der Waals surface area contributed by atoms with Crippen molar-refractivity contribution >= 4 is 21.4 Å². The highest BCUT2D eigenvalue weighted by Crippen LogP contribution is 2.23. The molecule has 0 saturated heterocycles. The minimum absolute atomic E-state index is 0.0139. The fourth-order valence-electron chi connectivity index (χ4n) is 1.77. The van der Waals surface area contributed by atoms with Gasteiger partial charge in [0.25, 0.3) is 0 Å². The van der Waals surface area contributed by atoms with E-state index in [2.05, 4.69) is 4.72 Å². The van der Waals surface area contributed by atoms with Crippen LogP contribution < -0.4 is 10.5 Å². The Morgan fingerprint density at radius 3 is 2.71 bits per heavy atom. The van der Waals surface area contributed by atoms with Crippen LogP contribution in [-0.2, 0) is 16.4 Å². The third-order valence-corrected chi connectivity index (χ3v) is 5.78. The maximum atomic E-state index is 12.0. The number of thiophene rings is 1. The van der Waals surface area contributed by atoms with Gasteiger partial charge >= 0.3 is 0 Å². The average molecular weight is 272 g/mol. The Kier molecular flexibility index (Phi) is 3.98. The van der Waals surface area contributed by atoms with E-state index in [-0.39, 0.29) is 6.04 Å². The first-order valence-corrected chi connectivity index (χ1v) is 7.88. The van der Waals surface area contributed by atoms with Gasteiger partial charge in [0.05, 0.1) is 0 Å². The van der Waals surface area contributed by atoms with Crippen LogP contribution in [0.2, 0.25) is 0 Å². The lowest BCUT2D eigenvalue weighted by Crippen LogP contribution is -2.32. The van der Waals surface area contributed by atoms with Crippen LogP contribution >= 0.6 is 11.3 Å². The quantitative estimate of drug-likeness (QED) is 0.792. The first-order valence-electron chi connectivity index (χ1n) is 5.58. The highest BCUT2D eigenvalue weighted by molar-refractivity contribution is 7.91. The van der Waals surface area contributed by atoms with Crippen molar-refractivity contribution in [3.63, 3.8) is 0 Å².